The summed E-state index contributed by atoms with van der Waals surface area (Å²) in [6, 6.07) is 6.55. The van der Waals surface area contributed by atoms with Gasteiger partial charge in [0, 0.05) is 12.1 Å². The van der Waals surface area contributed by atoms with Crippen molar-refractivity contribution < 1.29 is 4.92 Å². The zero-order chi connectivity index (χ0) is 10.4. The van der Waals surface area contributed by atoms with Gasteiger partial charge in [0.1, 0.15) is 0 Å². The molecule has 0 bridgehead atoms. The van der Waals surface area contributed by atoms with Crippen LogP contribution in [0.5, 0.6) is 0 Å². The summed E-state index contributed by atoms with van der Waals surface area (Å²) in [5, 5.41) is 10.5. The molecule has 0 aliphatic rings. The third kappa shape index (κ3) is 3.22. The SMILES string of the molecule is O=[N+]([O-])c1cccc(C=CCCS)c1. The van der Waals surface area contributed by atoms with Gasteiger partial charge < -0.3 is 0 Å². The maximum atomic E-state index is 10.5. The number of hydrogen-bond acceptors (Lipinski definition) is 3. The molecule has 0 aromatic heterocycles. The minimum Gasteiger partial charge on any atom is -0.258 e. The van der Waals surface area contributed by atoms with Gasteiger partial charge in [-0.05, 0) is 17.7 Å². The summed E-state index contributed by atoms with van der Waals surface area (Å²) in [5.74, 6) is 0.783. The molecule has 0 unspecified atom stereocenters. The lowest BCUT2D eigenvalue weighted by Gasteiger charge is -1.93. The first-order chi connectivity index (χ1) is 6.74. The van der Waals surface area contributed by atoms with Gasteiger partial charge in [0.2, 0.25) is 0 Å². The van der Waals surface area contributed by atoms with Crippen LogP contribution in [-0.4, -0.2) is 10.7 Å². The molecule has 74 valence electrons. The van der Waals surface area contributed by atoms with E-state index in [1.165, 1.54) is 6.07 Å². The first kappa shape index (κ1) is 10.8. The van der Waals surface area contributed by atoms with Gasteiger partial charge in [-0.15, -0.1) is 0 Å². The van der Waals surface area contributed by atoms with Gasteiger partial charge >= 0.3 is 0 Å². The summed E-state index contributed by atoms with van der Waals surface area (Å²) in [5.41, 5.74) is 0.971. The van der Waals surface area contributed by atoms with E-state index in [4.69, 9.17) is 0 Å². The van der Waals surface area contributed by atoms with Crippen LogP contribution in [0.1, 0.15) is 12.0 Å². The highest BCUT2D eigenvalue weighted by molar-refractivity contribution is 7.80. The van der Waals surface area contributed by atoms with Gasteiger partial charge in [-0.2, -0.15) is 12.6 Å². The number of benzene rings is 1. The molecule has 0 aliphatic carbocycles. The predicted molar refractivity (Wildman–Crippen MR) is 60.6 cm³/mol. The van der Waals surface area contributed by atoms with E-state index in [9.17, 15) is 10.1 Å². The van der Waals surface area contributed by atoms with Crippen molar-refractivity contribution in [3.05, 3.63) is 46.0 Å². The molecule has 1 rings (SSSR count). The molecular weight excluding hydrogens is 198 g/mol. The first-order valence-electron chi connectivity index (χ1n) is 4.26. The van der Waals surface area contributed by atoms with Crippen LogP contribution in [0.4, 0.5) is 5.69 Å². The Bertz CT molecular complexity index is 350. The van der Waals surface area contributed by atoms with Crippen molar-refractivity contribution in [1.82, 2.24) is 0 Å². The normalized spacial score (nSPS) is 10.6. The molecule has 3 nitrogen and oxygen atoms in total. The highest BCUT2D eigenvalue weighted by atomic mass is 32.1. The molecule has 0 saturated carbocycles. The highest BCUT2D eigenvalue weighted by Crippen LogP contribution is 2.14. The number of nitro benzene ring substituents is 1. The molecule has 0 fully saturated rings. The van der Waals surface area contributed by atoms with E-state index in [2.05, 4.69) is 12.6 Å². The Hall–Kier alpha value is -1.29. The molecule has 4 heteroatoms. The second-order valence-electron chi connectivity index (χ2n) is 2.77. The second kappa shape index (κ2) is 5.44. The van der Waals surface area contributed by atoms with Gasteiger partial charge in [0.05, 0.1) is 4.92 Å². The average Bonchev–Trinajstić information content (AvgIpc) is 2.19. The minimum atomic E-state index is -0.393. The number of thiol groups is 1. The Morgan fingerprint density at radius 2 is 2.29 bits per heavy atom. The molecule has 0 spiro atoms. The number of hydrogen-bond donors (Lipinski definition) is 1. The van der Waals surface area contributed by atoms with E-state index in [-0.39, 0.29) is 5.69 Å². The molecule has 0 amide bonds. The molecule has 0 saturated heterocycles. The van der Waals surface area contributed by atoms with Crippen molar-refractivity contribution in [1.29, 1.82) is 0 Å². The van der Waals surface area contributed by atoms with E-state index in [0.717, 1.165) is 17.7 Å². The quantitative estimate of drug-likeness (QED) is 0.470. The molecule has 0 heterocycles. The van der Waals surface area contributed by atoms with Gasteiger partial charge in [-0.3, -0.25) is 10.1 Å². The number of nitro groups is 1. The van der Waals surface area contributed by atoms with Crippen LogP contribution in [0.25, 0.3) is 6.08 Å². The van der Waals surface area contributed by atoms with E-state index in [1.54, 1.807) is 12.1 Å². The van der Waals surface area contributed by atoms with Gasteiger partial charge in [-0.1, -0.05) is 24.3 Å². The lowest BCUT2D eigenvalue weighted by Crippen LogP contribution is -1.87. The Morgan fingerprint density at radius 3 is 2.93 bits per heavy atom. The van der Waals surface area contributed by atoms with Crippen molar-refractivity contribution in [2.45, 2.75) is 6.42 Å². The van der Waals surface area contributed by atoms with E-state index >= 15 is 0 Å². The summed E-state index contributed by atoms with van der Waals surface area (Å²) >= 11 is 4.06. The van der Waals surface area contributed by atoms with E-state index < -0.39 is 4.92 Å². The Kier molecular flexibility index (Phi) is 4.19. The smallest absolute Gasteiger partial charge is 0.258 e. The van der Waals surface area contributed by atoms with E-state index in [0.29, 0.717) is 0 Å². The Morgan fingerprint density at radius 1 is 1.50 bits per heavy atom. The van der Waals surface area contributed by atoms with Gasteiger partial charge in [0.25, 0.3) is 5.69 Å². The zero-order valence-corrected chi connectivity index (χ0v) is 8.48. The van der Waals surface area contributed by atoms with Crippen LogP contribution >= 0.6 is 12.6 Å². The van der Waals surface area contributed by atoms with Crippen LogP contribution in [0, 0.1) is 10.1 Å². The van der Waals surface area contributed by atoms with Crippen LogP contribution < -0.4 is 0 Å². The van der Waals surface area contributed by atoms with Crippen molar-refractivity contribution in [3.8, 4) is 0 Å². The van der Waals surface area contributed by atoms with Crippen molar-refractivity contribution in [2.75, 3.05) is 5.75 Å². The monoisotopic (exact) mass is 209 g/mol. The summed E-state index contributed by atoms with van der Waals surface area (Å²) in [4.78, 5) is 10.1. The number of nitrogens with zero attached hydrogens (tertiary/aromatic N) is 1. The number of rotatable bonds is 4. The maximum absolute atomic E-state index is 10.5. The minimum absolute atomic E-state index is 0.123. The summed E-state index contributed by atoms with van der Waals surface area (Å²) in [6.45, 7) is 0. The van der Waals surface area contributed by atoms with Gasteiger partial charge in [-0.25, -0.2) is 0 Å². The Balaban J connectivity index is 2.78. The topological polar surface area (TPSA) is 43.1 Å². The van der Waals surface area contributed by atoms with Crippen LogP contribution in [0.2, 0.25) is 0 Å². The summed E-state index contributed by atoms with van der Waals surface area (Å²) in [6.07, 6.45) is 4.68. The van der Waals surface area contributed by atoms with Crippen molar-refractivity contribution >= 4 is 24.4 Å². The third-order valence-corrected chi connectivity index (χ3v) is 1.95. The molecule has 0 radical (unpaired) electrons. The zero-order valence-electron chi connectivity index (χ0n) is 7.59. The third-order valence-electron chi connectivity index (χ3n) is 1.69. The first-order valence-corrected chi connectivity index (χ1v) is 4.89. The largest absolute Gasteiger partial charge is 0.270 e. The second-order valence-corrected chi connectivity index (χ2v) is 3.21. The fourth-order valence-electron chi connectivity index (χ4n) is 1.04. The van der Waals surface area contributed by atoms with Gasteiger partial charge in [0.15, 0.2) is 0 Å². The average molecular weight is 209 g/mol. The van der Waals surface area contributed by atoms with Crippen LogP contribution in [0.15, 0.2) is 30.3 Å². The standard InChI is InChI=1S/C10H11NO2S/c12-11(13)10-6-3-5-9(8-10)4-1-2-7-14/h1,3-6,8,14H,2,7H2. The lowest BCUT2D eigenvalue weighted by atomic mass is 10.2. The predicted octanol–water partition coefficient (Wildman–Crippen LogP) is 2.93. The molecule has 1 aromatic carbocycles. The molecule has 1 aromatic rings. The molecule has 0 aliphatic heterocycles. The molecule has 0 atom stereocenters. The number of non-ortho nitro benzene ring substituents is 1. The van der Waals surface area contributed by atoms with Crippen LogP contribution in [0.3, 0.4) is 0 Å². The highest BCUT2D eigenvalue weighted by Gasteiger charge is 2.02. The fourth-order valence-corrected chi connectivity index (χ4v) is 1.19. The molecule has 14 heavy (non-hydrogen) atoms. The van der Waals surface area contributed by atoms with Crippen molar-refractivity contribution in [3.63, 3.8) is 0 Å². The molecular formula is C10H11NO2S. The summed E-state index contributed by atoms with van der Waals surface area (Å²) in [7, 11) is 0. The Labute approximate surface area is 88.0 Å². The maximum Gasteiger partial charge on any atom is 0.270 e. The fraction of sp³-hybridized carbons (Fsp3) is 0.200. The molecule has 0 N–H and O–H groups in total. The summed E-state index contributed by atoms with van der Waals surface area (Å²) < 4.78 is 0. The number of allylic oxidation sites excluding steroid dienone is 1. The lowest BCUT2D eigenvalue weighted by molar-refractivity contribution is -0.384. The van der Waals surface area contributed by atoms with Crippen molar-refractivity contribution in [2.24, 2.45) is 0 Å². The van der Waals surface area contributed by atoms with E-state index in [1.807, 2.05) is 18.2 Å². The van der Waals surface area contributed by atoms with Crippen LogP contribution in [-0.2, 0) is 0 Å².